The standard InChI is InChI=1S/C8H11F2N3O/c1-13(2)3-4-14-7-5-6(9)11-8(10)12-7/h5H,3-4H2,1-2H3. The molecule has 0 unspecified atom stereocenters. The Morgan fingerprint density at radius 1 is 1.36 bits per heavy atom. The average molecular weight is 203 g/mol. The lowest BCUT2D eigenvalue weighted by Gasteiger charge is -2.09. The van der Waals surface area contributed by atoms with Crippen LogP contribution in [0.2, 0.25) is 0 Å². The van der Waals surface area contributed by atoms with Gasteiger partial charge in [-0.15, -0.1) is 0 Å². The molecule has 1 rings (SSSR count). The summed E-state index contributed by atoms with van der Waals surface area (Å²) in [5, 5.41) is 0. The van der Waals surface area contributed by atoms with Gasteiger partial charge in [0.15, 0.2) is 0 Å². The highest BCUT2D eigenvalue weighted by Crippen LogP contribution is 2.07. The molecule has 0 radical (unpaired) electrons. The molecule has 1 aromatic heterocycles. The van der Waals surface area contributed by atoms with E-state index in [0.717, 1.165) is 6.07 Å². The number of likely N-dealkylation sites (N-methyl/N-ethyl adjacent to an activating group) is 1. The van der Waals surface area contributed by atoms with E-state index in [0.29, 0.717) is 13.2 Å². The maximum atomic E-state index is 12.5. The van der Waals surface area contributed by atoms with Crippen LogP contribution < -0.4 is 4.74 Å². The summed E-state index contributed by atoms with van der Waals surface area (Å²) in [5.74, 6) is -1.02. The highest BCUT2D eigenvalue weighted by Gasteiger charge is 2.04. The fourth-order valence-corrected chi connectivity index (χ4v) is 0.777. The van der Waals surface area contributed by atoms with Gasteiger partial charge in [0, 0.05) is 6.54 Å². The van der Waals surface area contributed by atoms with Crippen molar-refractivity contribution in [1.29, 1.82) is 0 Å². The van der Waals surface area contributed by atoms with Crippen molar-refractivity contribution >= 4 is 0 Å². The topological polar surface area (TPSA) is 38.2 Å². The lowest BCUT2D eigenvalue weighted by Crippen LogP contribution is -2.19. The minimum atomic E-state index is -1.12. The quantitative estimate of drug-likeness (QED) is 0.533. The molecule has 0 aliphatic heterocycles. The fourth-order valence-electron chi connectivity index (χ4n) is 0.777. The molecule has 0 saturated heterocycles. The molecule has 0 atom stereocenters. The lowest BCUT2D eigenvalue weighted by molar-refractivity contribution is 0.248. The monoisotopic (exact) mass is 203 g/mol. The van der Waals surface area contributed by atoms with Gasteiger partial charge in [0.25, 0.3) is 0 Å². The molecule has 0 aromatic carbocycles. The van der Waals surface area contributed by atoms with Crippen molar-refractivity contribution in [3.63, 3.8) is 0 Å². The Labute approximate surface area is 80.5 Å². The van der Waals surface area contributed by atoms with E-state index in [2.05, 4.69) is 9.97 Å². The maximum Gasteiger partial charge on any atom is 0.314 e. The lowest BCUT2D eigenvalue weighted by atomic mass is 10.6. The first-order chi connectivity index (χ1) is 6.58. The van der Waals surface area contributed by atoms with Crippen molar-refractivity contribution in [3.8, 4) is 5.88 Å². The van der Waals surface area contributed by atoms with E-state index in [4.69, 9.17) is 4.74 Å². The van der Waals surface area contributed by atoms with Gasteiger partial charge in [0.1, 0.15) is 6.61 Å². The van der Waals surface area contributed by atoms with Crippen LogP contribution in [0.3, 0.4) is 0 Å². The highest BCUT2D eigenvalue weighted by atomic mass is 19.1. The van der Waals surface area contributed by atoms with E-state index < -0.39 is 12.0 Å². The number of rotatable bonds is 4. The van der Waals surface area contributed by atoms with Gasteiger partial charge in [-0.1, -0.05) is 0 Å². The molecule has 78 valence electrons. The number of ether oxygens (including phenoxy) is 1. The van der Waals surface area contributed by atoms with Crippen molar-refractivity contribution in [3.05, 3.63) is 18.1 Å². The zero-order chi connectivity index (χ0) is 10.6. The van der Waals surface area contributed by atoms with E-state index >= 15 is 0 Å². The molecule has 4 nitrogen and oxygen atoms in total. The summed E-state index contributed by atoms with van der Waals surface area (Å²) >= 11 is 0. The second kappa shape index (κ2) is 4.80. The van der Waals surface area contributed by atoms with Crippen LogP contribution in [0.15, 0.2) is 6.07 Å². The van der Waals surface area contributed by atoms with E-state index in [1.807, 2.05) is 19.0 Å². The van der Waals surface area contributed by atoms with Crippen molar-refractivity contribution in [2.24, 2.45) is 0 Å². The molecule has 0 bridgehead atoms. The third-order valence-corrected chi connectivity index (χ3v) is 1.43. The van der Waals surface area contributed by atoms with Crippen LogP contribution in [0.25, 0.3) is 0 Å². The normalized spacial score (nSPS) is 10.6. The Hall–Kier alpha value is -1.30. The molecule has 0 aliphatic rings. The Bertz CT molecular complexity index is 286. The number of hydrogen-bond donors (Lipinski definition) is 0. The van der Waals surface area contributed by atoms with Crippen molar-refractivity contribution in [2.75, 3.05) is 27.2 Å². The number of halogens is 2. The van der Waals surface area contributed by atoms with Crippen LogP contribution in [0, 0.1) is 12.0 Å². The molecule has 6 heteroatoms. The van der Waals surface area contributed by atoms with Crippen LogP contribution >= 0.6 is 0 Å². The molecule has 1 heterocycles. The molecule has 0 fully saturated rings. The summed E-state index contributed by atoms with van der Waals surface area (Å²) in [6.07, 6.45) is -1.12. The second-order valence-corrected chi connectivity index (χ2v) is 2.95. The van der Waals surface area contributed by atoms with Gasteiger partial charge in [0.2, 0.25) is 11.8 Å². The third kappa shape index (κ3) is 3.61. The first-order valence-electron chi connectivity index (χ1n) is 4.05. The predicted molar refractivity (Wildman–Crippen MR) is 46.0 cm³/mol. The van der Waals surface area contributed by atoms with Crippen LogP contribution in [0.5, 0.6) is 5.88 Å². The molecule has 0 saturated carbocycles. The Morgan fingerprint density at radius 3 is 2.64 bits per heavy atom. The maximum absolute atomic E-state index is 12.5. The van der Waals surface area contributed by atoms with Crippen LogP contribution in [-0.2, 0) is 0 Å². The molecular formula is C8H11F2N3O. The Balaban J connectivity index is 2.50. The second-order valence-electron chi connectivity index (χ2n) is 2.95. The predicted octanol–water partition coefficient (Wildman–Crippen LogP) is 0.695. The van der Waals surface area contributed by atoms with Crippen molar-refractivity contribution < 1.29 is 13.5 Å². The van der Waals surface area contributed by atoms with E-state index in [-0.39, 0.29) is 5.88 Å². The van der Waals surface area contributed by atoms with Crippen molar-refractivity contribution in [1.82, 2.24) is 14.9 Å². The van der Waals surface area contributed by atoms with Gasteiger partial charge in [-0.2, -0.15) is 18.7 Å². The summed E-state index contributed by atoms with van der Waals surface area (Å²) < 4.78 is 30.0. The van der Waals surface area contributed by atoms with Gasteiger partial charge >= 0.3 is 6.08 Å². The summed E-state index contributed by atoms with van der Waals surface area (Å²) in [7, 11) is 3.73. The number of aromatic nitrogens is 2. The molecule has 0 N–H and O–H groups in total. The summed E-state index contributed by atoms with van der Waals surface area (Å²) in [5.41, 5.74) is 0. The van der Waals surface area contributed by atoms with Crippen LogP contribution in [0.1, 0.15) is 0 Å². The minimum absolute atomic E-state index is 0.0862. The van der Waals surface area contributed by atoms with Gasteiger partial charge < -0.3 is 9.64 Å². The number of nitrogens with zero attached hydrogens (tertiary/aromatic N) is 3. The van der Waals surface area contributed by atoms with Crippen molar-refractivity contribution in [2.45, 2.75) is 0 Å². The van der Waals surface area contributed by atoms with Gasteiger partial charge in [0.05, 0.1) is 6.07 Å². The summed E-state index contributed by atoms with van der Waals surface area (Å²) in [4.78, 5) is 8.00. The number of hydrogen-bond acceptors (Lipinski definition) is 4. The molecule has 0 amide bonds. The zero-order valence-corrected chi connectivity index (χ0v) is 8.00. The average Bonchev–Trinajstić information content (AvgIpc) is 2.01. The largest absolute Gasteiger partial charge is 0.476 e. The zero-order valence-electron chi connectivity index (χ0n) is 8.00. The molecular weight excluding hydrogens is 192 g/mol. The summed E-state index contributed by atoms with van der Waals surface area (Å²) in [6.45, 7) is 0.968. The van der Waals surface area contributed by atoms with Crippen LogP contribution in [0.4, 0.5) is 8.78 Å². The first kappa shape index (κ1) is 10.8. The third-order valence-electron chi connectivity index (χ3n) is 1.43. The Morgan fingerprint density at radius 2 is 2.07 bits per heavy atom. The molecule has 0 spiro atoms. The van der Waals surface area contributed by atoms with Gasteiger partial charge in [-0.05, 0) is 14.1 Å². The fraction of sp³-hybridized carbons (Fsp3) is 0.500. The van der Waals surface area contributed by atoms with Crippen LogP contribution in [-0.4, -0.2) is 42.1 Å². The Kier molecular flexibility index (Phi) is 3.70. The highest BCUT2D eigenvalue weighted by molar-refractivity contribution is 5.06. The van der Waals surface area contributed by atoms with Gasteiger partial charge in [-0.25, -0.2) is 0 Å². The SMILES string of the molecule is CN(C)CCOc1cc(F)nc(F)n1. The van der Waals surface area contributed by atoms with E-state index in [1.165, 1.54) is 0 Å². The molecule has 1 aromatic rings. The molecule has 0 aliphatic carbocycles. The van der Waals surface area contributed by atoms with Gasteiger partial charge in [-0.3, -0.25) is 0 Å². The smallest absolute Gasteiger partial charge is 0.314 e. The van der Waals surface area contributed by atoms with E-state index in [1.54, 1.807) is 0 Å². The first-order valence-corrected chi connectivity index (χ1v) is 4.05. The molecule has 14 heavy (non-hydrogen) atoms. The summed E-state index contributed by atoms with van der Waals surface area (Å²) in [6, 6.07) is 0.943. The van der Waals surface area contributed by atoms with E-state index in [9.17, 15) is 8.78 Å². The minimum Gasteiger partial charge on any atom is -0.476 e.